The SMILES string of the molecule is Cl.Cl.NC1CCC(CNC(=O)[C@@H]2CCCN2C(=O)[C@@H](CC2CCCCC2)NCCC2CCCCC2)CC1. The number of rotatable bonds is 10. The lowest BCUT2D eigenvalue weighted by Gasteiger charge is -2.33. The van der Waals surface area contributed by atoms with Crippen molar-refractivity contribution in [2.24, 2.45) is 23.5 Å². The quantitative estimate of drug-likeness (QED) is 0.336. The van der Waals surface area contributed by atoms with Crippen LogP contribution in [-0.2, 0) is 9.59 Å². The highest BCUT2D eigenvalue weighted by Gasteiger charge is 2.38. The Morgan fingerprint density at radius 1 is 0.757 bits per heavy atom. The van der Waals surface area contributed by atoms with Crippen LogP contribution in [0.4, 0.5) is 0 Å². The van der Waals surface area contributed by atoms with E-state index in [4.69, 9.17) is 5.73 Å². The number of nitrogens with one attached hydrogen (secondary N) is 2. The summed E-state index contributed by atoms with van der Waals surface area (Å²) in [6, 6.07) is -0.0890. The minimum absolute atomic E-state index is 0. The van der Waals surface area contributed by atoms with Crippen LogP contribution >= 0.6 is 24.8 Å². The maximum absolute atomic E-state index is 13.8. The average Bonchev–Trinajstić information content (AvgIpc) is 3.39. The van der Waals surface area contributed by atoms with E-state index < -0.39 is 0 Å². The normalized spacial score (nSPS) is 28.1. The molecule has 0 bridgehead atoms. The highest BCUT2D eigenvalue weighted by Crippen LogP contribution is 2.30. The summed E-state index contributed by atoms with van der Waals surface area (Å²) < 4.78 is 0. The Bertz CT molecular complexity index is 662. The molecule has 0 unspecified atom stereocenters. The predicted octanol–water partition coefficient (Wildman–Crippen LogP) is 5.35. The Labute approximate surface area is 238 Å². The minimum Gasteiger partial charge on any atom is -0.354 e. The first kappa shape index (κ1) is 32.7. The topological polar surface area (TPSA) is 87.5 Å². The molecule has 8 heteroatoms. The molecule has 216 valence electrons. The second-order valence-corrected chi connectivity index (χ2v) is 12.3. The van der Waals surface area contributed by atoms with E-state index in [-0.39, 0.29) is 48.7 Å². The molecule has 4 aliphatic rings. The molecule has 3 aliphatic carbocycles. The zero-order valence-electron chi connectivity index (χ0n) is 23.0. The summed E-state index contributed by atoms with van der Waals surface area (Å²) in [5.74, 6) is 2.24. The van der Waals surface area contributed by atoms with Gasteiger partial charge in [-0.1, -0.05) is 64.2 Å². The van der Waals surface area contributed by atoms with Crippen molar-refractivity contribution in [2.75, 3.05) is 19.6 Å². The minimum atomic E-state index is -0.289. The van der Waals surface area contributed by atoms with Crippen LogP contribution in [0, 0.1) is 17.8 Å². The maximum atomic E-state index is 13.8. The van der Waals surface area contributed by atoms with Gasteiger partial charge in [0.05, 0.1) is 6.04 Å². The van der Waals surface area contributed by atoms with Crippen LogP contribution in [-0.4, -0.2) is 54.5 Å². The predicted molar refractivity (Wildman–Crippen MR) is 156 cm³/mol. The van der Waals surface area contributed by atoms with E-state index in [1.807, 2.05) is 4.90 Å². The molecule has 0 aromatic carbocycles. The van der Waals surface area contributed by atoms with Crippen molar-refractivity contribution >= 4 is 36.6 Å². The molecule has 0 aromatic heterocycles. The van der Waals surface area contributed by atoms with Crippen molar-refractivity contribution in [2.45, 2.75) is 134 Å². The summed E-state index contributed by atoms with van der Waals surface area (Å²) in [4.78, 5) is 28.9. The van der Waals surface area contributed by atoms with Gasteiger partial charge >= 0.3 is 0 Å². The Morgan fingerprint density at radius 3 is 2.03 bits per heavy atom. The summed E-state index contributed by atoms with van der Waals surface area (Å²) in [6.45, 7) is 2.39. The molecule has 3 saturated carbocycles. The first-order valence-electron chi connectivity index (χ1n) is 15.2. The standard InChI is InChI=1S/C29H52N4O2.2ClH/c30-25-15-13-24(14-16-25)21-32-28(34)27-12-7-19-33(27)29(35)26(20-23-10-5-2-6-11-23)31-18-17-22-8-3-1-4-9-22;;/h22-27,31H,1-21,30H2,(H,32,34);2*1H/t24?,25?,26-,27+;;/m1../s1. The van der Waals surface area contributed by atoms with Crippen LogP contribution in [0.5, 0.6) is 0 Å². The van der Waals surface area contributed by atoms with Gasteiger partial charge in [-0.15, -0.1) is 24.8 Å². The molecule has 37 heavy (non-hydrogen) atoms. The smallest absolute Gasteiger partial charge is 0.242 e. The van der Waals surface area contributed by atoms with Gasteiger partial charge in [-0.2, -0.15) is 0 Å². The third kappa shape index (κ3) is 10.2. The summed E-state index contributed by atoms with van der Waals surface area (Å²) in [6.07, 6.45) is 21.4. The molecule has 1 saturated heterocycles. The van der Waals surface area contributed by atoms with Crippen molar-refractivity contribution in [1.29, 1.82) is 0 Å². The van der Waals surface area contributed by atoms with Gasteiger partial charge in [-0.05, 0) is 75.7 Å². The second kappa shape index (κ2) is 17.2. The molecular formula is C29H54Cl2N4O2. The zero-order valence-corrected chi connectivity index (χ0v) is 24.6. The van der Waals surface area contributed by atoms with E-state index >= 15 is 0 Å². The van der Waals surface area contributed by atoms with Crippen LogP contribution < -0.4 is 16.4 Å². The second-order valence-electron chi connectivity index (χ2n) is 12.3. The fourth-order valence-corrected chi connectivity index (χ4v) is 7.22. The van der Waals surface area contributed by atoms with Gasteiger partial charge in [-0.25, -0.2) is 0 Å². The molecule has 1 heterocycles. The third-order valence-electron chi connectivity index (χ3n) is 9.55. The van der Waals surface area contributed by atoms with Gasteiger partial charge in [-0.3, -0.25) is 9.59 Å². The van der Waals surface area contributed by atoms with E-state index in [1.54, 1.807) is 0 Å². The summed E-state index contributed by atoms with van der Waals surface area (Å²) in [5, 5.41) is 6.91. The number of carbonyl (C=O) groups is 2. The van der Waals surface area contributed by atoms with Gasteiger partial charge in [0, 0.05) is 19.1 Å². The molecule has 4 rings (SSSR count). The van der Waals surface area contributed by atoms with Crippen molar-refractivity contribution in [3.63, 3.8) is 0 Å². The molecule has 0 spiro atoms. The molecule has 0 aromatic rings. The van der Waals surface area contributed by atoms with Gasteiger partial charge in [0.25, 0.3) is 0 Å². The highest BCUT2D eigenvalue weighted by molar-refractivity contribution is 5.90. The fourth-order valence-electron chi connectivity index (χ4n) is 7.22. The van der Waals surface area contributed by atoms with E-state index in [1.165, 1.54) is 70.6 Å². The van der Waals surface area contributed by atoms with Crippen molar-refractivity contribution < 1.29 is 9.59 Å². The number of hydrogen-bond acceptors (Lipinski definition) is 4. The number of likely N-dealkylation sites (tertiary alicyclic amines) is 1. The van der Waals surface area contributed by atoms with Crippen LogP contribution in [0.15, 0.2) is 0 Å². The number of hydrogen-bond donors (Lipinski definition) is 3. The van der Waals surface area contributed by atoms with Gasteiger partial charge in [0.1, 0.15) is 6.04 Å². The van der Waals surface area contributed by atoms with Crippen LogP contribution in [0.2, 0.25) is 0 Å². The lowest BCUT2D eigenvalue weighted by atomic mass is 9.84. The number of amides is 2. The van der Waals surface area contributed by atoms with Crippen molar-refractivity contribution in [1.82, 2.24) is 15.5 Å². The lowest BCUT2D eigenvalue weighted by Crippen LogP contribution is -2.53. The Balaban J connectivity index is 0.00000241. The number of nitrogens with two attached hydrogens (primary N) is 1. The molecule has 4 N–H and O–H groups in total. The Kier molecular flexibility index (Phi) is 15.2. The van der Waals surface area contributed by atoms with Gasteiger partial charge < -0.3 is 21.3 Å². The number of halogens is 2. The zero-order chi connectivity index (χ0) is 24.5. The van der Waals surface area contributed by atoms with Crippen molar-refractivity contribution in [3.8, 4) is 0 Å². The first-order chi connectivity index (χ1) is 17.1. The molecule has 4 fully saturated rings. The monoisotopic (exact) mass is 560 g/mol. The molecule has 6 nitrogen and oxygen atoms in total. The number of nitrogens with zero attached hydrogens (tertiary/aromatic N) is 1. The lowest BCUT2D eigenvalue weighted by molar-refractivity contribution is -0.140. The first-order valence-corrected chi connectivity index (χ1v) is 15.2. The van der Waals surface area contributed by atoms with Crippen LogP contribution in [0.25, 0.3) is 0 Å². The fraction of sp³-hybridized carbons (Fsp3) is 0.931. The molecule has 2 amide bonds. The number of carbonyl (C=O) groups excluding carboxylic acids is 2. The average molecular weight is 562 g/mol. The van der Waals surface area contributed by atoms with E-state index in [0.29, 0.717) is 17.9 Å². The maximum Gasteiger partial charge on any atom is 0.242 e. The van der Waals surface area contributed by atoms with Crippen LogP contribution in [0.1, 0.15) is 116 Å². The van der Waals surface area contributed by atoms with E-state index in [0.717, 1.165) is 70.5 Å². The summed E-state index contributed by atoms with van der Waals surface area (Å²) in [7, 11) is 0. The van der Waals surface area contributed by atoms with Crippen LogP contribution in [0.3, 0.4) is 0 Å². The molecular weight excluding hydrogens is 507 g/mol. The van der Waals surface area contributed by atoms with Gasteiger partial charge in [0.2, 0.25) is 11.8 Å². The summed E-state index contributed by atoms with van der Waals surface area (Å²) in [5.41, 5.74) is 6.04. The summed E-state index contributed by atoms with van der Waals surface area (Å²) >= 11 is 0. The third-order valence-corrected chi connectivity index (χ3v) is 9.55. The van der Waals surface area contributed by atoms with E-state index in [9.17, 15) is 9.59 Å². The Hall–Kier alpha value is -0.560. The van der Waals surface area contributed by atoms with Gasteiger partial charge in [0.15, 0.2) is 0 Å². The highest BCUT2D eigenvalue weighted by atomic mass is 35.5. The Morgan fingerprint density at radius 2 is 1.38 bits per heavy atom. The van der Waals surface area contributed by atoms with Crippen molar-refractivity contribution in [3.05, 3.63) is 0 Å². The van der Waals surface area contributed by atoms with E-state index in [2.05, 4.69) is 10.6 Å². The molecule has 1 aliphatic heterocycles. The molecule has 2 atom stereocenters. The largest absolute Gasteiger partial charge is 0.354 e. The molecule has 0 radical (unpaired) electrons.